The summed E-state index contributed by atoms with van der Waals surface area (Å²) in [5.41, 5.74) is 2.07. The SMILES string of the molecule is N#C/C(=C/c1cc(Br)c(OCc2ccc(Cl)cc2Cl)c(I)c1)C(=O)Nc1ccc(Br)cc1. The first-order valence-corrected chi connectivity index (χ1v) is 12.4. The van der Waals surface area contributed by atoms with E-state index in [9.17, 15) is 10.1 Å². The van der Waals surface area contributed by atoms with Crippen LogP contribution in [0.2, 0.25) is 10.0 Å². The van der Waals surface area contributed by atoms with Gasteiger partial charge in [-0.2, -0.15) is 5.26 Å². The first-order chi connectivity index (χ1) is 15.3. The first-order valence-electron chi connectivity index (χ1n) is 9.01. The molecule has 0 saturated heterocycles. The molecule has 4 nitrogen and oxygen atoms in total. The molecule has 1 N–H and O–H groups in total. The number of ether oxygens (including phenoxy) is 1. The van der Waals surface area contributed by atoms with Gasteiger partial charge in [0.05, 0.1) is 8.04 Å². The number of halogens is 5. The maximum atomic E-state index is 12.5. The highest BCUT2D eigenvalue weighted by molar-refractivity contribution is 14.1. The zero-order chi connectivity index (χ0) is 23.3. The molecular formula is C23H13Br2Cl2IN2O2. The maximum absolute atomic E-state index is 12.5. The van der Waals surface area contributed by atoms with Crippen molar-refractivity contribution < 1.29 is 9.53 Å². The van der Waals surface area contributed by atoms with Crippen LogP contribution in [0.5, 0.6) is 5.75 Å². The van der Waals surface area contributed by atoms with Crippen molar-refractivity contribution in [3.05, 3.63) is 93.9 Å². The molecule has 162 valence electrons. The molecule has 0 aliphatic heterocycles. The largest absolute Gasteiger partial charge is 0.487 e. The van der Waals surface area contributed by atoms with E-state index in [1.54, 1.807) is 42.5 Å². The Labute approximate surface area is 226 Å². The molecule has 9 heteroatoms. The number of amides is 1. The molecule has 0 bridgehead atoms. The van der Waals surface area contributed by atoms with Crippen molar-refractivity contribution in [2.75, 3.05) is 5.32 Å². The quantitative estimate of drug-likeness (QED) is 0.160. The second-order valence-corrected chi connectivity index (χ2v) is 10.2. The van der Waals surface area contributed by atoms with Crippen LogP contribution in [0.15, 0.2) is 69.1 Å². The summed E-state index contributed by atoms with van der Waals surface area (Å²) in [6.45, 7) is 0.263. The van der Waals surface area contributed by atoms with E-state index in [1.165, 1.54) is 6.08 Å². The van der Waals surface area contributed by atoms with Crippen LogP contribution < -0.4 is 10.1 Å². The van der Waals surface area contributed by atoms with Gasteiger partial charge in [0.1, 0.15) is 24.0 Å². The number of anilines is 1. The Morgan fingerprint density at radius 1 is 1.12 bits per heavy atom. The van der Waals surface area contributed by atoms with E-state index in [-0.39, 0.29) is 12.2 Å². The van der Waals surface area contributed by atoms with Gasteiger partial charge in [-0.1, -0.05) is 45.2 Å². The van der Waals surface area contributed by atoms with Crippen molar-refractivity contribution in [2.24, 2.45) is 0 Å². The third kappa shape index (κ3) is 6.72. The van der Waals surface area contributed by atoms with Gasteiger partial charge in [-0.15, -0.1) is 0 Å². The molecule has 0 aliphatic carbocycles. The number of hydrogen-bond acceptors (Lipinski definition) is 3. The van der Waals surface area contributed by atoms with Crippen LogP contribution in [0.4, 0.5) is 5.69 Å². The predicted octanol–water partition coefficient (Wildman–Crippen LogP) is 8.25. The van der Waals surface area contributed by atoms with E-state index in [2.05, 4.69) is 59.8 Å². The lowest BCUT2D eigenvalue weighted by Crippen LogP contribution is -2.13. The number of nitrogens with zero attached hydrogens (tertiary/aromatic N) is 1. The van der Waals surface area contributed by atoms with Gasteiger partial charge in [0, 0.05) is 25.8 Å². The van der Waals surface area contributed by atoms with Gasteiger partial charge in [-0.05, 0) is 98.7 Å². The standard InChI is InChI=1S/C23H13Br2Cl2IN2O2/c24-16-2-5-18(6-3-16)30-23(31)15(11-29)7-13-8-19(25)22(21(28)9-13)32-12-14-1-4-17(26)10-20(14)27/h1-10H,12H2,(H,30,31)/b15-7-. The fourth-order valence-electron chi connectivity index (χ4n) is 2.64. The van der Waals surface area contributed by atoms with Gasteiger partial charge in [0.25, 0.3) is 5.91 Å². The summed E-state index contributed by atoms with van der Waals surface area (Å²) in [6.07, 6.45) is 1.53. The van der Waals surface area contributed by atoms with E-state index in [0.29, 0.717) is 31.5 Å². The molecule has 0 fully saturated rings. The molecule has 0 unspecified atom stereocenters. The van der Waals surface area contributed by atoms with Crippen LogP contribution in [0.25, 0.3) is 6.08 Å². The summed E-state index contributed by atoms with van der Waals surface area (Å²) < 4.78 is 8.33. The minimum absolute atomic E-state index is 0.0165. The maximum Gasteiger partial charge on any atom is 0.266 e. The lowest BCUT2D eigenvalue weighted by atomic mass is 10.1. The molecule has 0 atom stereocenters. The summed E-state index contributed by atoms with van der Waals surface area (Å²) >= 11 is 21.1. The summed E-state index contributed by atoms with van der Waals surface area (Å²) in [4.78, 5) is 12.5. The van der Waals surface area contributed by atoms with Crippen molar-refractivity contribution in [1.29, 1.82) is 5.26 Å². The fraction of sp³-hybridized carbons (Fsp3) is 0.0435. The van der Waals surface area contributed by atoms with Crippen molar-refractivity contribution in [2.45, 2.75) is 6.61 Å². The van der Waals surface area contributed by atoms with Gasteiger partial charge in [0.2, 0.25) is 0 Å². The van der Waals surface area contributed by atoms with Crippen LogP contribution in [-0.2, 0) is 11.4 Å². The molecule has 3 aromatic carbocycles. The van der Waals surface area contributed by atoms with E-state index < -0.39 is 5.91 Å². The van der Waals surface area contributed by atoms with Crippen molar-refractivity contribution >= 4 is 95.3 Å². The Kier molecular flexibility index (Phi) is 9.03. The number of carbonyl (C=O) groups excluding carboxylic acids is 1. The molecular weight excluding hydrogens is 694 g/mol. The minimum Gasteiger partial charge on any atom is -0.487 e. The molecule has 32 heavy (non-hydrogen) atoms. The smallest absolute Gasteiger partial charge is 0.266 e. The monoisotopic (exact) mass is 704 g/mol. The Morgan fingerprint density at radius 2 is 1.84 bits per heavy atom. The van der Waals surface area contributed by atoms with Crippen LogP contribution in [0, 0.1) is 14.9 Å². The Balaban J connectivity index is 1.77. The predicted molar refractivity (Wildman–Crippen MR) is 144 cm³/mol. The van der Waals surface area contributed by atoms with E-state index >= 15 is 0 Å². The van der Waals surface area contributed by atoms with E-state index in [0.717, 1.165) is 13.6 Å². The molecule has 1 amide bonds. The third-order valence-electron chi connectivity index (χ3n) is 4.19. The highest BCUT2D eigenvalue weighted by Gasteiger charge is 2.13. The van der Waals surface area contributed by atoms with Crippen molar-refractivity contribution in [3.63, 3.8) is 0 Å². The van der Waals surface area contributed by atoms with Gasteiger partial charge in [0.15, 0.2) is 0 Å². The number of carbonyl (C=O) groups is 1. The van der Waals surface area contributed by atoms with Gasteiger partial charge < -0.3 is 10.1 Å². The number of rotatable bonds is 6. The molecule has 0 aliphatic rings. The Bertz CT molecular complexity index is 1220. The highest BCUT2D eigenvalue weighted by Crippen LogP contribution is 2.34. The summed E-state index contributed by atoms with van der Waals surface area (Å²) in [5, 5.41) is 13.3. The summed E-state index contributed by atoms with van der Waals surface area (Å²) in [6, 6.07) is 17.9. The molecule has 3 rings (SSSR count). The number of hydrogen-bond donors (Lipinski definition) is 1. The second kappa shape index (κ2) is 11.5. The highest BCUT2D eigenvalue weighted by atomic mass is 127. The zero-order valence-electron chi connectivity index (χ0n) is 16.1. The molecule has 3 aromatic rings. The zero-order valence-corrected chi connectivity index (χ0v) is 23.0. The van der Waals surface area contributed by atoms with Gasteiger partial charge in [-0.3, -0.25) is 4.79 Å². The molecule has 0 spiro atoms. The number of benzene rings is 3. The molecule has 0 aromatic heterocycles. The van der Waals surface area contributed by atoms with Crippen molar-refractivity contribution in [3.8, 4) is 11.8 Å². The average molecular weight is 707 g/mol. The number of nitrogens with one attached hydrogen (secondary N) is 1. The normalized spacial score (nSPS) is 11.1. The number of nitriles is 1. The third-order valence-corrected chi connectivity index (χ3v) is 6.69. The van der Waals surface area contributed by atoms with Crippen molar-refractivity contribution in [1.82, 2.24) is 0 Å². The summed E-state index contributed by atoms with van der Waals surface area (Å²) in [7, 11) is 0. The van der Waals surface area contributed by atoms with Crippen LogP contribution >= 0.6 is 77.7 Å². The van der Waals surface area contributed by atoms with Gasteiger partial charge >= 0.3 is 0 Å². The van der Waals surface area contributed by atoms with Gasteiger partial charge in [-0.25, -0.2) is 0 Å². The summed E-state index contributed by atoms with van der Waals surface area (Å²) in [5.74, 6) is 0.144. The molecule has 0 radical (unpaired) electrons. The van der Waals surface area contributed by atoms with Crippen LogP contribution in [0.3, 0.4) is 0 Å². The molecule has 0 saturated carbocycles. The topological polar surface area (TPSA) is 62.1 Å². The average Bonchev–Trinajstić information content (AvgIpc) is 2.74. The van der Waals surface area contributed by atoms with E-state index in [4.69, 9.17) is 27.9 Å². The lowest BCUT2D eigenvalue weighted by molar-refractivity contribution is -0.112. The first kappa shape index (κ1) is 25.1. The van der Waals surface area contributed by atoms with Crippen LogP contribution in [0.1, 0.15) is 11.1 Å². The van der Waals surface area contributed by atoms with E-state index in [1.807, 2.05) is 18.2 Å². The Morgan fingerprint density at radius 3 is 2.47 bits per heavy atom. The fourth-order valence-corrected chi connectivity index (χ4v) is 5.13. The lowest BCUT2D eigenvalue weighted by Gasteiger charge is -2.13. The Hall–Kier alpha value is -1.57. The second-order valence-electron chi connectivity index (χ2n) is 6.47. The minimum atomic E-state index is -0.487. The molecule has 0 heterocycles. The van der Waals surface area contributed by atoms with Crippen LogP contribution in [-0.4, -0.2) is 5.91 Å².